The molecule has 8 heteroatoms. The van der Waals surface area contributed by atoms with E-state index in [1.165, 1.54) is 8.61 Å². The van der Waals surface area contributed by atoms with Crippen molar-refractivity contribution >= 4 is 31.4 Å². The summed E-state index contributed by atoms with van der Waals surface area (Å²) in [6.07, 6.45) is 0. The largest absolute Gasteiger partial charge is 0.268 e. The molecule has 0 aromatic heterocycles. The molecule has 0 saturated heterocycles. The van der Waals surface area contributed by atoms with Gasteiger partial charge in [0, 0.05) is 0 Å². The van der Waals surface area contributed by atoms with Crippen molar-refractivity contribution in [1.82, 2.24) is 0 Å². The summed E-state index contributed by atoms with van der Waals surface area (Å²) in [6.45, 7) is -0.0792. The summed E-state index contributed by atoms with van der Waals surface area (Å²) in [5, 5.41) is 0. The second-order valence-corrected chi connectivity index (χ2v) is 12.1. The van der Waals surface area contributed by atoms with E-state index in [2.05, 4.69) is 0 Å². The highest BCUT2D eigenvalue weighted by Gasteiger charge is 2.28. The standard InChI is InChI=1S/C28H28N2O4S2/c31-35(32,23-25-13-5-1-6-14-25)29(27-17-9-3-10-18-27)21-22-30(28-19-11-4-12-20-28)36(33,34)24-26-15-7-2-8-16-26/h1-20H,21-24H2. The minimum atomic E-state index is -3.80. The highest BCUT2D eigenvalue weighted by Crippen LogP contribution is 2.24. The van der Waals surface area contributed by atoms with Crippen molar-refractivity contribution in [2.75, 3.05) is 21.7 Å². The molecule has 0 saturated carbocycles. The Labute approximate surface area is 213 Å². The van der Waals surface area contributed by atoms with E-state index in [0.29, 0.717) is 22.5 Å². The lowest BCUT2D eigenvalue weighted by molar-refractivity contribution is 0.583. The van der Waals surface area contributed by atoms with Gasteiger partial charge in [-0.1, -0.05) is 97.1 Å². The second-order valence-electron chi connectivity index (χ2n) is 8.30. The maximum Gasteiger partial charge on any atom is 0.239 e. The third-order valence-electron chi connectivity index (χ3n) is 5.65. The number of hydrogen-bond donors (Lipinski definition) is 0. The number of anilines is 2. The summed E-state index contributed by atoms with van der Waals surface area (Å²) in [5.74, 6) is -0.379. The lowest BCUT2D eigenvalue weighted by atomic mass is 10.2. The molecular formula is C28H28N2O4S2. The fraction of sp³-hybridized carbons (Fsp3) is 0.143. The molecule has 4 aromatic carbocycles. The molecule has 0 unspecified atom stereocenters. The molecule has 0 fully saturated rings. The maximum atomic E-state index is 13.5. The van der Waals surface area contributed by atoms with E-state index in [0.717, 1.165) is 0 Å². The van der Waals surface area contributed by atoms with Gasteiger partial charge in [-0.15, -0.1) is 0 Å². The molecule has 0 spiro atoms. The zero-order chi connectivity index (χ0) is 25.4. The molecule has 0 bridgehead atoms. The molecule has 0 radical (unpaired) electrons. The third-order valence-corrected chi connectivity index (χ3v) is 9.18. The van der Waals surface area contributed by atoms with Crippen LogP contribution >= 0.6 is 0 Å². The molecule has 0 aliphatic carbocycles. The topological polar surface area (TPSA) is 74.8 Å². The minimum absolute atomic E-state index is 0.0396. The molecule has 4 rings (SSSR count). The molecule has 0 aliphatic rings. The number of hydrogen-bond acceptors (Lipinski definition) is 4. The second kappa shape index (κ2) is 11.4. The van der Waals surface area contributed by atoms with Gasteiger partial charge in [0.2, 0.25) is 20.0 Å². The van der Waals surface area contributed by atoms with Crippen molar-refractivity contribution in [3.8, 4) is 0 Å². The molecule has 0 amide bonds. The van der Waals surface area contributed by atoms with Gasteiger partial charge in [-0.25, -0.2) is 16.8 Å². The molecule has 186 valence electrons. The van der Waals surface area contributed by atoms with E-state index < -0.39 is 20.0 Å². The fourth-order valence-corrected chi connectivity index (χ4v) is 7.10. The van der Waals surface area contributed by atoms with Crippen LogP contribution in [0.4, 0.5) is 11.4 Å². The monoisotopic (exact) mass is 520 g/mol. The van der Waals surface area contributed by atoms with Crippen LogP contribution in [0.1, 0.15) is 11.1 Å². The fourth-order valence-electron chi connectivity index (χ4n) is 3.95. The summed E-state index contributed by atoms with van der Waals surface area (Å²) in [4.78, 5) is 0. The first-order valence-corrected chi connectivity index (χ1v) is 14.8. The van der Waals surface area contributed by atoms with Crippen LogP contribution in [0, 0.1) is 0 Å². The van der Waals surface area contributed by atoms with Crippen molar-refractivity contribution in [1.29, 1.82) is 0 Å². The Hall–Kier alpha value is -3.62. The highest BCUT2D eigenvalue weighted by molar-refractivity contribution is 7.92. The third kappa shape index (κ3) is 6.53. The van der Waals surface area contributed by atoms with Gasteiger partial charge in [-0.2, -0.15) is 0 Å². The van der Waals surface area contributed by atoms with Crippen molar-refractivity contribution in [3.05, 3.63) is 132 Å². The Morgan fingerprint density at radius 2 is 0.694 bits per heavy atom. The average molecular weight is 521 g/mol. The first kappa shape index (κ1) is 25.5. The lowest BCUT2D eigenvalue weighted by Crippen LogP contribution is -2.42. The molecule has 6 nitrogen and oxygen atoms in total. The first-order valence-electron chi connectivity index (χ1n) is 11.5. The molecule has 0 heterocycles. The first-order chi connectivity index (χ1) is 17.4. The number of rotatable bonds is 11. The van der Waals surface area contributed by atoms with E-state index in [4.69, 9.17) is 0 Å². The smallest absolute Gasteiger partial charge is 0.239 e. The Morgan fingerprint density at radius 1 is 0.417 bits per heavy atom. The molecular weight excluding hydrogens is 492 g/mol. The van der Waals surface area contributed by atoms with Crippen LogP contribution in [0.5, 0.6) is 0 Å². The normalized spacial score (nSPS) is 11.7. The predicted molar refractivity (Wildman–Crippen MR) is 146 cm³/mol. The maximum absolute atomic E-state index is 13.5. The van der Waals surface area contributed by atoms with Gasteiger partial charge in [-0.3, -0.25) is 8.61 Å². The summed E-state index contributed by atoms with van der Waals surface area (Å²) in [7, 11) is -7.60. The van der Waals surface area contributed by atoms with Crippen molar-refractivity contribution < 1.29 is 16.8 Å². The summed E-state index contributed by atoms with van der Waals surface area (Å²) in [5.41, 5.74) is 2.30. The molecule has 36 heavy (non-hydrogen) atoms. The van der Waals surface area contributed by atoms with Crippen molar-refractivity contribution in [2.24, 2.45) is 0 Å². The summed E-state index contributed by atoms with van der Waals surface area (Å²) >= 11 is 0. The molecule has 0 aliphatic heterocycles. The SMILES string of the molecule is O=S(=O)(Cc1ccccc1)N(CCN(c1ccccc1)S(=O)(=O)Cc1ccccc1)c1ccccc1. The van der Waals surface area contributed by atoms with Crippen LogP contribution in [0.15, 0.2) is 121 Å². The van der Waals surface area contributed by atoms with E-state index in [9.17, 15) is 16.8 Å². The zero-order valence-corrected chi connectivity index (χ0v) is 21.4. The van der Waals surface area contributed by atoms with Gasteiger partial charge < -0.3 is 0 Å². The number of nitrogens with zero attached hydrogens (tertiary/aromatic N) is 2. The number of sulfonamides is 2. The Bertz CT molecular complexity index is 1330. The summed E-state index contributed by atoms with van der Waals surface area (Å²) < 4.78 is 56.8. The molecule has 0 N–H and O–H groups in total. The van der Waals surface area contributed by atoms with Crippen LogP contribution < -0.4 is 8.61 Å². The quantitative estimate of drug-likeness (QED) is 0.277. The Morgan fingerprint density at radius 3 is 1.00 bits per heavy atom. The predicted octanol–water partition coefficient (Wildman–Crippen LogP) is 5.06. The Balaban J connectivity index is 1.65. The highest BCUT2D eigenvalue weighted by atomic mass is 32.2. The Kier molecular flexibility index (Phi) is 8.07. The lowest BCUT2D eigenvalue weighted by Gasteiger charge is -2.30. The van der Waals surface area contributed by atoms with Gasteiger partial charge in [0.25, 0.3) is 0 Å². The van der Waals surface area contributed by atoms with Crippen molar-refractivity contribution in [2.45, 2.75) is 11.5 Å². The van der Waals surface area contributed by atoms with Gasteiger partial charge in [-0.05, 0) is 35.4 Å². The summed E-state index contributed by atoms with van der Waals surface area (Å²) in [6, 6.07) is 35.5. The average Bonchev–Trinajstić information content (AvgIpc) is 2.88. The van der Waals surface area contributed by atoms with E-state index in [1.807, 2.05) is 24.3 Å². The van der Waals surface area contributed by atoms with Gasteiger partial charge in [0.15, 0.2) is 0 Å². The van der Waals surface area contributed by atoms with Crippen molar-refractivity contribution in [3.63, 3.8) is 0 Å². The van der Waals surface area contributed by atoms with Crippen LogP contribution in [-0.2, 0) is 31.6 Å². The van der Waals surface area contributed by atoms with Gasteiger partial charge in [0.1, 0.15) is 0 Å². The number of benzene rings is 4. The van der Waals surface area contributed by atoms with Gasteiger partial charge >= 0.3 is 0 Å². The van der Waals surface area contributed by atoms with Crippen LogP contribution in [0.2, 0.25) is 0 Å². The molecule has 4 aromatic rings. The van der Waals surface area contributed by atoms with E-state index >= 15 is 0 Å². The van der Waals surface area contributed by atoms with E-state index in [-0.39, 0.29) is 24.6 Å². The minimum Gasteiger partial charge on any atom is -0.268 e. The number of para-hydroxylation sites is 2. The van der Waals surface area contributed by atoms with Gasteiger partial charge in [0.05, 0.1) is 36.0 Å². The van der Waals surface area contributed by atoms with Crippen LogP contribution in [0.3, 0.4) is 0 Å². The van der Waals surface area contributed by atoms with E-state index in [1.54, 1.807) is 97.1 Å². The zero-order valence-electron chi connectivity index (χ0n) is 19.7. The van der Waals surface area contributed by atoms with Crippen LogP contribution in [0.25, 0.3) is 0 Å². The van der Waals surface area contributed by atoms with Crippen LogP contribution in [-0.4, -0.2) is 29.9 Å². The molecule has 0 atom stereocenters.